The predicted octanol–water partition coefficient (Wildman–Crippen LogP) is -0.698. The molecule has 3 rings (SSSR count). The zero-order chi connectivity index (χ0) is 14.3. The van der Waals surface area contributed by atoms with Crippen molar-refractivity contribution in [3.05, 3.63) is 23.8 Å². The average Bonchev–Trinajstić information content (AvgIpc) is 2.77. The van der Waals surface area contributed by atoms with Crippen LogP contribution in [0.15, 0.2) is 23.1 Å². The summed E-state index contributed by atoms with van der Waals surface area (Å²) < 4.78 is 26.1. The summed E-state index contributed by atoms with van der Waals surface area (Å²) in [7, 11) is -3.70. The second-order valence-electron chi connectivity index (χ2n) is 4.73. The van der Waals surface area contributed by atoms with E-state index in [0.29, 0.717) is 17.8 Å². The highest BCUT2D eigenvalue weighted by atomic mass is 32.2. The topological polar surface area (TPSA) is 95.6 Å². The minimum atomic E-state index is -3.70. The van der Waals surface area contributed by atoms with Crippen LogP contribution >= 0.6 is 0 Å². The molecule has 2 amide bonds. The molecule has 2 aliphatic heterocycles. The van der Waals surface area contributed by atoms with E-state index < -0.39 is 10.0 Å². The van der Waals surface area contributed by atoms with Gasteiger partial charge in [0.25, 0.3) is 0 Å². The lowest BCUT2D eigenvalue weighted by Gasteiger charge is -2.26. The van der Waals surface area contributed by atoms with Crippen molar-refractivity contribution < 1.29 is 18.0 Å². The van der Waals surface area contributed by atoms with Crippen LogP contribution in [0.1, 0.15) is 5.56 Å². The van der Waals surface area contributed by atoms with Gasteiger partial charge in [-0.25, -0.2) is 8.42 Å². The number of sulfonamides is 1. The number of piperazine rings is 1. The molecule has 8 heteroatoms. The summed E-state index contributed by atoms with van der Waals surface area (Å²) in [6.07, 6.45) is 0.180. The lowest BCUT2D eigenvalue weighted by molar-refractivity contribution is -0.122. The number of benzene rings is 1. The summed E-state index contributed by atoms with van der Waals surface area (Å²) in [6.45, 7) is 0.391. The third-order valence-corrected chi connectivity index (χ3v) is 5.18. The smallest absolute Gasteiger partial charge is 0.243 e. The fraction of sp³-hybridized carbons (Fsp3) is 0.333. The molecular weight excluding hydrogens is 282 g/mol. The number of hydrogen-bond acceptors (Lipinski definition) is 4. The molecule has 20 heavy (non-hydrogen) atoms. The molecule has 1 saturated heterocycles. The third kappa shape index (κ3) is 2.16. The van der Waals surface area contributed by atoms with Gasteiger partial charge in [0.15, 0.2) is 0 Å². The molecule has 1 fully saturated rings. The molecule has 2 heterocycles. The number of carbonyl (C=O) groups excluding carboxylic acids is 2. The Kier molecular flexibility index (Phi) is 2.98. The largest absolute Gasteiger partial charge is 0.354 e. The number of amides is 2. The minimum absolute atomic E-state index is 0.113. The van der Waals surface area contributed by atoms with E-state index in [1.165, 1.54) is 12.1 Å². The van der Waals surface area contributed by atoms with E-state index in [0.717, 1.165) is 4.31 Å². The lowest BCUT2D eigenvalue weighted by Crippen LogP contribution is -2.49. The first-order valence-corrected chi connectivity index (χ1v) is 7.60. The van der Waals surface area contributed by atoms with Gasteiger partial charge in [-0.2, -0.15) is 4.31 Å². The molecule has 0 atom stereocenters. The summed E-state index contributed by atoms with van der Waals surface area (Å²) in [5.41, 5.74) is 1.31. The van der Waals surface area contributed by atoms with E-state index in [4.69, 9.17) is 0 Å². The van der Waals surface area contributed by atoms with Crippen molar-refractivity contribution in [3.63, 3.8) is 0 Å². The van der Waals surface area contributed by atoms with Crippen molar-refractivity contribution in [2.45, 2.75) is 11.3 Å². The molecule has 2 aliphatic rings. The summed E-state index contributed by atoms with van der Waals surface area (Å²) in [6, 6.07) is 4.53. The molecule has 0 spiro atoms. The number of fused-ring (bicyclic) bond motifs is 1. The van der Waals surface area contributed by atoms with Crippen molar-refractivity contribution in [1.82, 2.24) is 9.62 Å². The Morgan fingerprint density at radius 1 is 1.15 bits per heavy atom. The minimum Gasteiger partial charge on any atom is -0.354 e. The van der Waals surface area contributed by atoms with Gasteiger partial charge in [0.1, 0.15) is 0 Å². The molecule has 2 N–H and O–H groups in total. The second-order valence-corrected chi connectivity index (χ2v) is 6.67. The molecule has 0 saturated carbocycles. The molecular formula is C12H13N3O4S. The lowest BCUT2D eigenvalue weighted by atomic mass is 10.2. The van der Waals surface area contributed by atoms with Crippen LogP contribution in [0.5, 0.6) is 0 Å². The highest BCUT2D eigenvalue weighted by molar-refractivity contribution is 7.89. The molecule has 7 nitrogen and oxygen atoms in total. The Balaban J connectivity index is 1.94. The fourth-order valence-electron chi connectivity index (χ4n) is 2.34. The molecule has 0 aromatic heterocycles. The highest BCUT2D eigenvalue weighted by Gasteiger charge is 2.30. The van der Waals surface area contributed by atoms with Gasteiger partial charge in [-0.1, -0.05) is 0 Å². The van der Waals surface area contributed by atoms with Crippen LogP contribution in [-0.4, -0.2) is 44.2 Å². The first-order chi connectivity index (χ1) is 9.46. The van der Waals surface area contributed by atoms with Crippen LogP contribution in [0.2, 0.25) is 0 Å². The maximum absolute atomic E-state index is 12.5. The Morgan fingerprint density at radius 3 is 2.70 bits per heavy atom. The third-order valence-electron chi connectivity index (χ3n) is 3.34. The van der Waals surface area contributed by atoms with Crippen LogP contribution in [0.3, 0.4) is 0 Å². The van der Waals surface area contributed by atoms with E-state index in [-0.39, 0.29) is 36.2 Å². The number of nitrogens with zero attached hydrogens (tertiary/aromatic N) is 1. The number of carbonyl (C=O) groups is 2. The van der Waals surface area contributed by atoms with Crippen LogP contribution in [-0.2, 0) is 26.0 Å². The second kappa shape index (κ2) is 4.57. The van der Waals surface area contributed by atoms with Crippen molar-refractivity contribution >= 4 is 27.5 Å². The van der Waals surface area contributed by atoms with Gasteiger partial charge in [-0.15, -0.1) is 0 Å². The van der Waals surface area contributed by atoms with Gasteiger partial charge >= 0.3 is 0 Å². The van der Waals surface area contributed by atoms with E-state index >= 15 is 0 Å². The summed E-state index contributed by atoms with van der Waals surface area (Å²) in [4.78, 5) is 22.7. The summed E-state index contributed by atoms with van der Waals surface area (Å²) >= 11 is 0. The quantitative estimate of drug-likeness (QED) is 0.754. The van der Waals surface area contributed by atoms with Gasteiger partial charge in [0, 0.05) is 18.8 Å². The fourth-order valence-corrected chi connectivity index (χ4v) is 3.78. The van der Waals surface area contributed by atoms with Crippen molar-refractivity contribution in [2.75, 3.05) is 25.0 Å². The number of rotatable bonds is 2. The molecule has 0 unspecified atom stereocenters. The van der Waals surface area contributed by atoms with Gasteiger partial charge < -0.3 is 10.6 Å². The number of anilines is 1. The first-order valence-electron chi connectivity index (χ1n) is 6.16. The average molecular weight is 295 g/mol. The van der Waals surface area contributed by atoms with Crippen molar-refractivity contribution in [1.29, 1.82) is 0 Å². The van der Waals surface area contributed by atoms with Crippen LogP contribution in [0.25, 0.3) is 0 Å². The van der Waals surface area contributed by atoms with E-state index in [1.54, 1.807) is 6.07 Å². The van der Waals surface area contributed by atoms with E-state index in [1.807, 2.05) is 0 Å². The van der Waals surface area contributed by atoms with Crippen LogP contribution < -0.4 is 10.6 Å². The molecule has 1 aromatic rings. The molecule has 0 bridgehead atoms. The highest BCUT2D eigenvalue weighted by Crippen LogP contribution is 2.27. The van der Waals surface area contributed by atoms with Gasteiger partial charge in [-0.3, -0.25) is 9.59 Å². The normalized spacial score (nSPS) is 19.4. The Morgan fingerprint density at radius 2 is 1.95 bits per heavy atom. The molecule has 0 radical (unpaired) electrons. The van der Waals surface area contributed by atoms with Crippen LogP contribution in [0, 0.1) is 0 Å². The van der Waals surface area contributed by atoms with Gasteiger partial charge in [-0.05, 0) is 23.8 Å². The first kappa shape index (κ1) is 13.1. The van der Waals surface area contributed by atoms with Gasteiger partial charge in [0.2, 0.25) is 21.8 Å². The zero-order valence-electron chi connectivity index (χ0n) is 10.5. The summed E-state index contributed by atoms with van der Waals surface area (Å²) in [5.74, 6) is -0.454. The van der Waals surface area contributed by atoms with E-state index in [2.05, 4.69) is 10.6 Å². The number of nitrogens with one attached hydrogen (secondary N) is 2. The maximum Gasteiger partial charge on any atom is 0.243 e. The Bertz CT molecular complexity index is 699. The maximum atomic E-state index is 12.5. The Labute approximate surface area is 116 Å². The molecule has 0 aliphatic carbocycles. The van der Waals surface area contributed by atoms with Crippen molar-refractivity contribution in [3.8, 4) is 0 Å². The summed E-state index contributed by atoms with van der Waals surface area (Å²) in [5, 5.41) is 5.23. The van der Waals surface area contributed by atoms with Gasteiger partial charge in [0.05, 0.1) is 17.9 Å². The SMILES string of the molecule is O=C1CN(S(=O)(=O)c2ccc3c(c2)CC(=O)N3)CCN1. The van der Waals surface area contributed by atoms with Crippen molar-refractivity contribution in [2.24, 2.45) is 0 Å². The Hall–Kier alpha value is -1.93. The molecule has 1 aromatic carbocycles. The van der Waals surface area contributed by atoms with E-state index in [9.17, 15) is 18.0 Å². The molecule has 106 valence electrons. The monoisotopic (exact) mass is 295 g/mol. The standard InChI is InChI=1S/C12H13N3O4S/c16-11-6-8-5-9(1-2-10(8)14-11)20(18,19)15-4-3-13-12(17)7-15/h1-2,5H,3-4,6-7H2,(H,13,17)(H,14,16). The van der Waals surface area contributed by atoms with Crippen LogP contribution in [0.4, 0.5) is 5.69 Å². The predicted molar refractivity (Wildman–Crippen MR) is 70.5 cm³/mol. The number of hydrogen-bond donors (Lipinski definition) is 2. The zero-order valence-corrected chi connectivity index (χ0v) is 11.4.